The van der Waals surface area contributed by atoms with Crippen molar-refractivity contribution in [1.82, 2.24) is 10.2 Å². The van der Waals surface area contributed by atoms with Crippen molar-refractivity contribution >= 4 is 29.0 Å². The number of ether oxygens (including phenoxy) is 1. The summed E-state index contributed by atoms with van der Waals surface area (Å²) >= 11 is -1.41. The first kappa shape index (κ1) is 20.4. The summed E-state index contributed by atoms with van der Waals surface area (Å²) < 4.78 is 18.0. The van der Waals surface area contributed by atoms with Crippen LogP contribution in [0.15, 0.2) is 41.6 Å². The molecule has 2 amide bonds. The van der Waals surface area contributed by atoms with E-state index < -0.39 is 40.1 Å². The van der Waals surface area contributed by atoms with Crippen LogP contribution in [0, 0.1) is 0 Å². The minimum Gasteiger partial charge on any atom is -0.614 e. The van der Waals surface area contributed by atoms with E-state index in [2.05, 4.69) is 5.32 Å². The second-order valence-electron chi connectivity index (χ2n) is 7.96. The average molecular weight is 404 g/mol. The summed E-state index contributed by atoms with van der Waals surface area (Å²) in [6.07, 6.45) is 0.123. The van der Waals surface area contributed by atoms with Crippen LogP contribution in [-0.4, -0.2) is 50.0 Å². The summed E-state index contributed by atoms with van der Waals surface area (Å²) in [5.41, 5.74) is 0.788. The summed E-state index contributed by atoms with van der Waals surface area (Å²) in [5.74, 6) is -1.23. The molecule has 2 aliphatic heterocycles. The zero-order valence-electron chi connectivity index (χ0n) is 16.4. The second kappa shape index (κ2) is 7.60. The van der Waals surface area contributed by atoms with Crippen molar-refractivity contribution in [2.75, 3.05) is 5.75 Å². The lowest BCUT2D eigenvalue weighted by Crippen LogP contribution is -2.74. The van der Waals surface area contributed by atoms with Crippen LogP contribution < -0.4 is 5.32 Å². The van der Waals surface area contributed by atoms with Gasteiger partial charge in [-0.25, -0.2) is 4.79 Å². The second-order valence-corrected chi connectivity index (χ2v) is 9.50. The molecule has 1 fully saturated rings. The first-order valence-corrected chi connectivity index (χ1v) is 10.4. The standard InChI is InChI=1S/C20H24N2O5S/c1-12-11-28(26)18-15(21-14(23)10-13-8-6-5-7-9-13)17(24)22(18)16(12)19(25)27-20(2,3)4/h5-9,15,18H,10-11H2,1-4H3,(H,21,23)/t15?,18-,28?/m0/s1. The number of nitrogens with one attached hydrogen (secondary N) is 1. The Morgan fingerprint density at radius 2 is 1.93 bits per heavy atom. The van der Waals surface area contributed by atoms with Gasteiger partial charge in [0.1, 0.15) is 17.1 Å². The Morgan fingerprint density at radius 1 is 1.29 bits per heavy atom. The van der Waals surface area contributed by atoms with Gasteiger partial charge >= 0.3 is 5.97 Å². The van der Waals surface area contributed by atoms with Crippen molar-refractivity contribution in [3.8, 4) is 0 Å². The molecule has 3 atom stereocenters. The van der Waals surface area contributed by atoms with Gasteiger partial charge in [-0.05, 0) is 44.4 Å². The predicted molar refractivity (Wildman–Crippen MR) is 104 cm³/mol. The van der Waals surface area contributed by atoms with Gasteiger partial charge in [-0.1, -0.05) is 30.3 Å². The van der Waals surface area contributed by atoms with Gasteiger partial charge < -0.3 is 14.6 Å². The number of amides is 2. The molecular formula is C20H24N2O5S. The van der Waals surface area contributed by atoms with Gasteiger partial charge in [0.2, 0.25) is 11.3 Å². The highest BCUT2D eigenvalue weighted by atomic mass is 32.2. The third-order valence-electron chi connectivity index (χ3n) is 4.43. The number of β-lactam (4-membered cyclic amide) rings is 1. The first-order valence-electron chi connectivity index (χ1n) is 9.05. The van der Waals surface area contributed by atoms with Crippen molar-refractivity contribution in [1.29, 1.82) is 0 Å². The molecule has 3 rings (SSSR count). The number of nitrogens with zero attached hydrogens (tertiary/aromatic N) is 1. The molecule has 1 saturated heterocycles. The molecule has 2 aliphatic rings. The Kier molecular flexibility index (Phi) is 5.54. The zero-order valence-corrected chi connectivity index (χ0v) is 17.2. The summed E-state index contributed by atoms with van der Waals surface area (Å²) in [7, 11) is 0. The van der Waals surface area contributed by atoms with E-state index in [4.69, 9.17) is 4.74 Å². The molecule has 0 spiro atoms. The van der Waals surface area contributed by atoms with Gasteiger partial charge in [0.05, 0.1) is 6.42 Å². The molecule has 28 heavy (non-hydrogen) atoms. The summed E-state index contributed by atoms with van der Waals surface area (Å²) in [4.78, 5) is 38.8. The lowest BCUT2D eigenvalue weighted by atomic mass is 10.0. The van der Waals surface area contributed by atoms with Gasteiger partial charge in [0.25, 0.3) is 5.91 Å². The van der Waals surface area contributed by atoms with Crippen LogP contribution in [0.1, 0.15) is 33.3 Å². The van der Waals surface area contributed by atoms with Gasteiger partial charge in [-0.3, -0.25) is 14.5 Å². The first-order chi connectivity index (χ1) is 13.1. The fraction of sp³-hybridized carbons (Fsp3) is 0.450. The van der Waals surface area contributed by atoms with Crippen molar-refractivity contribution in [3.05, 3.63) is 47.2 Å². The van der Waals surface area contributed by atoms with E-state index in [9.17, 15) is 18.9 Å². The van der Waals surface area contributed by atoms with E-state index in [1.54, 1.807) is 27.7 Å². The fourth-order valence-corrected chi connectivity index (χ4v) is 4.95. The van der Waals surface area contributed by atoms with E-state index in [0.717, 1.165) is 5.56 Å². The van der Waals surface area contributed by atoms with Crippen molar-refractivity contribution in [2.24, 2.45) is 0 Å². The Labute approximate surface area is 167 Å². The monoisotopic (exact) mass is 404 g/mol. The highest BCUT2D eigenvalue weighted by molar-refractivity contribution is 7.92. The third-order valence-corrected chi connectivity index (χ3v) is 6.17. The lowest BCUT2D eigenvalue weighted by molar-refractivity contribution is -0.159. The Bertz CT molecular complexity index is 831. The van der Waals surface area contributed by atoms with Gasteiger partial charge in [-0.15, -0.1) is 0 Å². The van der Waals surface area contributed by atoms with Crippen molar-refractivity contribution in [3.63, 3.8) is 0 Å². The summed E-state index contributed by atoms with van der Waals surface area (Å²) in [6.45, 7) is 6.89. The molecule has 8 heteroatoms. The van der Waals surface area contributed by atoms with E-state index in [0.29, 0.717) is 5.57 Å². The number of carbonyl (C=O) groups is 3. The minimum absolute atomic E-state index is 0.123. The van der Waals surface area contributed by atoms with E-state index >= 15 is 0 Å². The molecule has 0 radical (unpaired) electrons. The predicted octanol–water partition coefficient (Wildman–Crippen LogP) is 1.26. The molecule has 7 nitrogen and oxygen atoms in total. The quantitative estimate of drug-likeness (QED) is 0.463. The van der Waals surface area contributed by atoms with Crippen molar-refractivity contribution < 1.29 is 23.7 Å². The van der Waals surface area contributed by atoms with E-state index in [1.165, 1.54) is 4.90 Å². The number of hydrogen-bond donors (Lipinski definition) is 1. The number of benzene rings is 1. The highest BCUT2D eigenvalue weighted by Gasteiger charge is 2.60. The SMILES string of the molecule is CC1=C(C(=O)OC(C)(C)C)N2C(=O)C(NC(=O)Cc3ccccc3)[C@@H]2[S+]([O-])C1. The maximum absolute atomic E-state index is 12.7. The van der Waals surface area contributed by atoms with Crippen LogP contribution in [0.25, 0.3) is 0 Å². The number of carbonyl (C=O) groups excluding carboxylic acids is 3. The Balaban J connectivity index is 1.73. The molecule has 0 aliphatic carbocycles. The number of fused-ring (bicyclic) bond motifs is 1. The maximum Gasteiger partial charge on any atom is 0.355 e. The molecule has 0 aromatic heterocycles. The van der Waals surface area contributed by atoms with Crippen molar-refractivity contribution in [2.45, 2.75) is 51.1 Å². The van der Waals surface area contributed by atoms with Gasteiger partial charge in [0, 0.05) is 5.57 Å². The summed E-state index contributed by atoms with van der Waals surface area (Å²) in [6, 6.07) is 8.25. The lowest BCUT2D eigenvalue weighted by Gasteiger charge is -2.49. The number of hydrogen-bond acceptors (Lipinski definition) is 5. The number of rotatable bonds is 4. The molecule has 150 valence electrons. The molecular weight excluding hydrogens is 380 g/mol. The molecule has 1 N–H and O–H groups in total. The minimum atomic E-state index is -1.41. The largest absolute Gasteiger partial charge is 0.614 e. The van der Waals surface area contributed by atoms with Crippen LogP contribution in [0.5, 0.6) is 0 Å². The molecule has 1 aromatic carbocycles. The molecule has 1 aromatic rings. The van der Waals surface area contributed by atoms with E-state index in [-0.39, 0.29) is 23.8 Å². The highest BCUT2D eigenvalue weighted by Crippen LogP contribution is 2.37. The molecule has 2 heterocycles. The van der Waals surface area contributed by atoms with E-state index in [1.807, 2.05) is 30.3 Å². The molecule has 0 bridgehead atoms. The Hall–Kier alpha value is -2.32. The average Bonchev–Trinajstić information content (AvgIpc) is 2.58. The summed E-state index contributed by atoms with van der Waals surface area (Å²) in [5, 5.41) is 1.92. The fourth-order valence-electron chi connectivity index (χ4n) is 3.28. The van der Waals surface area contributed by atoms with Crippen LogP contribution in [0.4, 0.5) is 0 Å². The number of esters is 1. The van der Waals surface area contributed by atoms with Gasteiger partial charge in [0.15, 0.2) is 6.04 Å². The maximum atomic E-state index is 12.7. The molecule has 0 saturated carbocycles. The Morgan fingerprint density at radius 3 is 2.54 bits per heavy atom. The van der Waals surface area contributed by atoms with Crippen LogP contribution >= 0.6 is 0 Å². The van der Waals surface area contributed by atoms with Crippen LogP contribution in [-0.2, 0) is 36.7 Å². The smallest absolute Gasteiger partial charge is 0.355 e. The zero-order chi connectivity index (χ0) is 20.6. The van der Waals surface area contributed by atoms with Gasteiger partial charge in [-0.2, -0.15) is 0 Å². The third kappa shape index (κ3) is 4.07. The topological polar surface area (TPSA) is 98.8 Å². The molecule has 2 unspecified atom stereocenters. The normalized spacial score (nSPS) is 24.4. The van der Waals surface area contributed by atoms with Crippen LogP contribution in [0.2, 0.25) is 0 Å². The van der Waals surface area contributed by atoms with Crippen LogP contribution in [0.3, 0.4) is 0 Å².